The van der Waals surface area contributed by atoms with Gasteiger partial charge >= 0.3 is 12.0 Å². The molecule has 0 radical (unpaired) electrons. The summed E-state index contributed by atoms with van der Waals surface area (Å²) >= 11 is 0. The summed E-state index contributed by atoms with van der Waals surface area (Å²) in [4.78, 5) is 24.7. The number of hydrogen-bond donors (Lipinski definition) is 3. The number of urea groups is 1. The fourth-order valence-electron chi connectivity index (χ4n) is 2.42. The van der Waals surface area contributed by atoms with Gasteiger partial charge in [0, 0.05) is 13.1 Å². The van der Waals surface area contributed by atoms with Gasteiger partial charge in [-0.25, -0.2) is 9.59 Å². The van der Waals surface area contributed by atoms with Gasteiger partial charge in [-0.15, -0.1) is 0 Å². The van der Waals surface area contributed by atoms with Crippen molar-refractivity contribution < 1.29 is 19.1 Å². The third-order valence-electron chi connectivity index (χ3n) is 3.66. The largest absolute Gasteiger partial charge is 0.475 e. The number of nitrogens with zero attached hydrogens (tertiary/aromatic N) is 1. The molecule has 21 heavy (non-hydrogen) atoms. The quantitative estimate of drug-likeness (QED) is 0.731. The normalized spacial score (nSPS) is 18.6. The molecule has 3 N–H and O–H groups in total. The van der Waals surface area contributed by atoms with Crippen molar-refractivity contribution in [3.05, 3.63) is 23.7 Å². The van der Waals surface area contributed by atoms with Crippen LogP contribution in [0.25, 0.3) is 0 Å². The molecule has 1 aromatic heterocycles. The average molecular weight is 295 g/mol. The van der Waals surface area contributed by atoms with Crippen molar-refractivity contribution >= 4 is 12.0 Å². The highest BCUT2D eigenvalue weighted by Crippen LogP contribution is 2.14. The van der Waals surface area contributed by atoms with Crippen LogP contribution >= 0.6 is 0 Å². The van der Waals surface area contributed by atoms with E-state index in [1.165, 1.54) is 6.07 Å². The van der Waals surface area contributed by atoms with E-state index in [1.54, 1.807) is 6.07 Å². The Kier molecular flexibility index (Phi) is 5.21. The van der Waals surface area contributed by atoms with Crippen LogP contribution in [-0.4, -0.2) is 48.2 Å². The smallest absolute Gasteiger partial charge is 0.371 e. The summed E-state index contributed by atoms with van der Waals surface area (Å²) in [7, 11) is 0. The highest BCUT2D eigenvalue weighted by Gasteiger charge is 2.21. The summed E-state index contributed by atoms with van der Waals surface area (Å²) in [6, 6.07) is 2.65. The minimum atomic E-state index is -1.12. The second-order valence-corrected chi connectivity index (χ2v) is 5.18. The predicted molar refractivity (Wildman–Crippen MR) is 76.1 cm³/mol. The van der Waals surface area contributed by atoms with Gasteiger partial charge in [0.15, 0.2) is 0 Å². The maximum atomic E-state index is 11.7. The number of amides is 2. The molecule has 2 rings (SSSR count). The molecular formula is C14H21N3O4. The number of carbonyl (C=O) groups excluding carboxylic acids is 1. The zero-order chi connectivity index (χ0) is 15.2. The van der Waals surface area contributed by atoms with Gasteiger partial charge in [-0.05, 0) is 37.6 Å². The van der Waals surface area contributed by atoms with Gasteiger partial charge in [0.2, 0.25) is 5.76 Å². The number of carboxylic acid groups (broad SMARTS) is 1. The van der Waals surface area contributed by atoms with E-state index in [-0.39, 0.29) is 18.3 Å². The minimum absolute atomic E-state index is 0.127. The molecule has 1 aliphatic rings. The van der Waals surface area contributed by atoms with E-state index in [0.29, 0.717) is 18.2 Å². The fourth-order valence-corrected chi connectivity index (χ4v) is 2.42. The van der Waals surface area contributed by atoms with Gasteiger partial charge in [0.1, 0.15) is 5.76 Å². The third kappa shape index (κ3) is 4.49. The zero-order valence-corrected chi connectivity index (χ0v) is 12.1. The van der Waals surface area contributed by atoms with Crippen molar-refractivity contribution in [1.82, 2.24) is 15.5 Å². The van der Waals surface area contributed by atoms with Crippen LogP contribution in [0, 0.1) is 5.92 Å². The topological polar surface area (TPSA) is 94.8 Å². The second-order valence-electron chi connectivity index (χ2n) is 5.18. The Bertz CT molecular complexity index is 500. The fraction of sp³-hybridized carbons (Fsp3) is 0.571. The number of aromatic carboxylic acids is 1. The van der Waals surface area contributed by atoms with Crippen LogP contribution < -0.4 is 10.6 Å². The Balaban J connectivity index is 1.66. The van der Waals surface area contributed by atoms with E-state index in [2.05, 4.69) is 22.5 Å². The molecule has 1 aromatic rings. The summed E-state index contributed by atoms with van der Waals surface area (Å²) in [6.45, 7) is 6.13. The number of carboxylic acids is 1. The molecule has 116 valence electrons. The molecule has 0 bridgehead atoms. The monoisotopic (exact) mass is 295 g/mol. The summed E-state index contributed by atoms with van der Waals surface area (Å²) < 4.78 is 5.05. The molecule has 7 heteroatoms. The molecule has 0 saturated carbocycles. The first-order chi connectivity index (χ1) is 10.1. The minimum Gasteiger partial charge on any atom is -0.475 e. The van der Waals surface area contributed by atoms with Gasteiger partial charge in [-0.2, -0.15) is 0 Å². The molecule has 2 heterocycles. The SMILES string of the molecule is CCN1CCC(CNC(=O)NCc2ccc(C(=O)O)o2)C1. The lowest BCUT2D eigenvalue weighted by Crippen LogP contribution is -2.38. The molecule has 0 spiro atoms. The van der Waals surface area contributed by atoms with E-state index >= 15 is 0 Å². The number of carbonyl (C=O) groups is 2. The number of likely N-dealkylation sites (tertiary alicyclic amines) is 1. The lowest BCUT2D eigenvalue weighted by Gasteiger charge is -2.13. The summed E-state index contributed by atoms with van der Waals surface area (Å²) in [5.74, 6) is -0.330. The molecular weight excluding hydrogens is 274 g/mol. The first kappa shape index (κ1) is 15.4. The van der Waals surface area contributed by atoms with Crippen LogP contribution in [0.4, 0.5) is 4.79 Å². The Morgan fingerprint density at radius 2 is 2.24 bits per heavy atom. The van der Waals surface area contributed by atoms with E-state index < -0.39 is 5.97 Å². The van der Waals surface area contributed by atoms with Gasteiger partial charge < -0.3 is 25.1 Å². The van der Waals surface area contributed by atoms with Crippen LogP contribution in [0.1, 0.15) is 29.7 Å². The van der Waals surface area contributed by atoms with E-state index in [9.17, 15) is 9.59 Å². The van der Waals surface area contributed by atoms with Crippen molar-refractivity contribution in [2.75, 3.05) is 26.2 Å². The van der Waals surface area contributed by atoms with Gasteiger partial charge in [0.05, 0.1) is 6.54 Å². The zero-order valence-electron chi connectivity index (χ0n) is 12.1. The van der Waals surface area contributed by atoms with Crippen LogP contribution in [0.15, 0.2) is 16.5 Å². The predicted octanol–water partition coefficient (Wildman–Crippen LogP) is 1.12. The van der Waals surface area contributed by atoms with Crippen molar-refractivity contribution in [1.29, 1.82) is 0 Å². The highest BCUT2D eigenvalue weighted by molar-refractivity contribution is 5.84. The first-order valence-electron chi connectivity index (χ1n) is 7.14. The molecule has 7 nitrogen and oxygen atoms in total. The molecule has 1 aliphatic heterocycles. The number of rotatable bonds is 6. The van der Waals surface area contributed by atoms with Gasteiger partial charge in [-0.1, -0.05) is 6.92 Å². The molecule has 1 atom stereocenters. The summed E-state index contributed by atoms with van der Waals surface area (Å²) in [6.07, 6.45) is 1.11. The van der Waals surface area contributed by atoms with Gasteiger partial charge in [0.25, 0.3) is 0 Å². The van der Waals surface area contributed by atoms with E-state index in [1.807, 2.05) is 0 Å². The molecule has 0 aliphatic carbocycles. The summed E-state index contributed by atoms with van der Waals surface area (Å²) in [5, 5.41) is 14.2. The second kappa shape index (κ2) is 7.12. The maximum Gasteiger partial charge on any atom is 0.371 e. The molecule has 1 saturated heterocycles. The Labute approximate surface area is 123 Å². The third-order valence-corrected chi connectivity index (χ3v) is 3.66. The van der Waals surface area contributed by atoms with Gasteiger partial charge in [-0.3, -0.25) is 0 Å². The molecule has 0 aromatic carbocycles. The molecule has 1 unspecified atom stereocenters. The van der Waals surface area contributed by atoms with Crippen molar-refractivity contribution in [3.63, 3.8) is 0 Å². The maximum absolute atomic E-state index is 11.7. The number of nitrogens with one attached hydrogen (secondary N) is 2. The van der Waals surface area contributed by atoms with Crippen LogP contribution in [0.5, 0.6) is 0 Å². The number of hydrogen-bond acceptors (Lipinski definition) is 4. The first-order valence-corrected chi connectivity index (χ1v) is 7.14. The Morgan fingerprint density at radius 3 is 2.86 bits per heavy atom. The van der Waals surface area contributed by atoms with Crippen LogP contribution in [0.2, 0.25) is 0 Å². The molecule has 2 amide bonds. The van der Waals surface area contributed by atoms with Crippen molar-refractivity contribution in [2.45, 2.75) is 19.9 Å². The van der Waals surface area contributed by atoms with E-state index in [4.69, 9.17) is 9.52 Å². The lowest BCUT2D eigenvalue weighted by atomic mass is 10.1. The van der Waals surface area contributed by atoms with Crippen LogP contribution in [-0.2, 0) is 6.54 Å². The highest BCUT2D eigenvalue weighted by atomic mass is 16.4. The van der Waals surface area contributed by atoms with E-state index in [0.717, 1.165) is 26.1 Å². The lowest BCUT2D eigenvalue weighted by molar-refractivity contribution is 0.0660. The Hall–Kier alpha value is -2.02. The van der Waals surface area contributed by atoms with Crippen molar-refractivity contribution in [3.8, 4) is 0 Å². The number of furan rings is 1. The average Bonchev–Trinajstić information content (AvgIpc) is 3.11. The van der Waals surface area contributed by atoms with Crippen LogP contribution in [0.3, 0.4) is 0 Å². The summed E-state index contributed by atoms with van der Waals surface area (Å²) in [5.41, 5.74) is 0. The Morgan fingerprint density at radius 1 is 1.43 bits per heavy atom. The standard InChI is InChI=1S/C14H21N3O4/c1-2-17-6-5-10(9-17)7-15-14(20)16-8-11-3-4-12(21-11)13(18)19/h3-4,10H,2,5-9H2,1H3,(H,18,19)(H2,15,16,20). The van der Waals surface area contributed by atoms with Crippen molar-refractivity contribution in [2.24, 2.45) is 5.92 Å². The molecule has 1 fully saturated rings.